The molecule has 0 rings (SSSR count). The maximum atomic E-state index is 5.93. The number of unbranched alkanes of at least 4 members (excludes halogenated alkanes) is 35. The Morgan fingerprint density at radius 1 is 0.233 bits per heavy atom. The fraction of sp³-hybridized carbons (Fsp3) is 1.00. The Balaban J connectivity index is 3.05. The van der Waals surface area contributed by atoms with Crippen molar-refractivity contribution >= 4 is 39.2 Å². The Morgan fingerprint density at radius 3 is 0.512 bits per heavy atom. The Bertz CT molecular complexity index is 500. The highest BCUT2D eigenvalue weighted by molar-refractivity contribution is 7.64. The van der Waals surface area contributed by atoms with Gasteiger partial charge in [-0.15, -0.1) is 33.2 Å². The van der Waals surface area contributed by atoms with Gasteiger partial charge in [-0.25, -0.2) is 0 Å². The molecule has 0 fully saturated rings. The van der Waals surface area contributed by atoms with Crippen molar-refractivity contribution in [3.8, 4) is 0 Å². The van der Waals surface area contributed by atoms with Crippen molar-refractivity contribution in [2.24, 2.45) is 5.73 Å². The number of hydrogen-bond acceptors (Lipinski definition) is 1. The molecular weight excluding hydrogens is 605 g/mol. The second-order valence-electron chi connectivity index (χ2n) is 13.9. The molecule has 0 aromatic rings. The van der Waals surface area contributed by atoms with Gasteiger partial charge >= 0.3 is 6.00 Å². The standard InChI is InChI=1S/C38H78Cl3NSi/c39-43(40,41)38-36-34-32-30-28-26-24-22-20-18-16-14-12-10-8-6-4-2-1-3-5-7-9-11-13-15-17-19-21-23-25-27-29-31-33-35-37-42/h1-38,42H2. The van der Waals surface area contributed by atoms with Crippen molar-refractivity contribution in [1.29, 1.82) is 0 Å². The van der Waals surface area contributed by atoms with Gasteiger partial charge in [0.25, 0.3) is 0 Å². The molecule has 0 aliphatic carbocycles. The van der Waals surface area contributed by atoms with Crippen molar-refractivity contribution in [1.82, 2.24) is 0 Å². The Hall–Kier alpha value is 1.05. The molecule has 0 amide bonds. The van der Waals surface area contributed by atoms with E-state index in [2.05, 4.69) is 0 Å². The third kappa shape index (κ3) is 43.0. The summed E-state index contributed by atoms with van der Waals surface area (Å²) >= 11 is 17.8. The first-order valence-corrected chi connectivity index (χ1v) is 25.1. The van der Waals surface area contributed by atoms with Crippen LogP contribution in [0.25, 0.3) is 0 Å². The molecule has 260 valence electrons. The quantitative estimate of drug-likeness (QED) is 0.0391. The van der Waals surface area contributed by atoms with Crippen LogP contribution in [0, 0.1) is 0 Å². The molecular formula is C38H78Cl3NSi. The summed E-state index contributed by atoms with van der Waals surface area (Å²) in [5.74, 6) is 0. The molecule has 0 aromatic carbocycles. The summed E-state index contributed by atoms with van der Waals surface area (Å²) in [5.41, 5.74) is 5.55. The molecule has 0 bridgehead atoms. The molecule has 0 saturated heterocycles. The number of nitrogens with two attached hydrogens (primary N) is 1. The number of rotatable bonds is 38. The van der Waals surface area contributed by atoms with E-state index in [4.69, 9.17) is 39.0 Å². The molecule has 0 heterocycles. The lowest BCUT2D eigenvalue weighted by Gasteiger charge is -2.07. The van der Waals surface area contributed by atoms with E-state index in [1.54, 1.807) is 0 Å². The van der Waals surface area contributed by atoms with Crippen molar-refractivity contribution in [3.63, 3.8) is 0 Å². The second kappa shape index (κ2) is 37.5. The van der Waals surface area contributed by atoms with Crippen LogP contribution in [-0.2, 0) is 0 Å². The van der Waals surface area contributed by atoms with Crippen LogP contribution in [0.3, 0.4) is 0 Å². The van der Waals surface area contributed by atoms with Crippen LogP contribution >= 0.6 is 33.2 Å². The van der Waals surface area contributed by atoms with E-state index in [-0.39, 0.29) is 0 Å². The van der Waals surface area contributed by atoms with E-state index in [1.165, 1.54) is 225 Å². The summed E-state index contributed by atoms with van der Waals surface area (Å²) in [5, 5.41) is 0. The summed E-state index contributed by atoms with van der Waals surface area (Å²) < 4.78 is 0. The first kappa shape index (κ1) is 44.0. The van der Waals surface area contributed by atoms with Crippen LogP contribution in [0.1, 0.15) is 231 Å². The topological polar surface area (TPSA) is 26.0 Å². The molecule has 1 nitrogen and oxygen atoms in total. The highest BCUT2D eigenvalue weighted by Gasteiger charge is 2.23. The van der Waals surface area contributed by atoms with Gasteiger partial charge < -0.3 is 5.73 Å². The largest absolute Gasteiger partial charge is 0.341 e. The molecule has 43 heavy (non-hydrogen) atoms. The van der Waals surface area contributed by atoms with Crippen LogP contribution in [0.15, 0.2) is 0 Å². The summed E-state index contributed by atoms with van der Waals surface area (Å²) in [6, 6.07) is -1.54. The molecule has 0 atom stereocenters. The van der Waals surface area contributed by atoms with Gasteiger partial charge in [0.1, 0.15) is 0 Å². The molecule has 0 spiro atoms. The predicted molar refractivity (Wildman–Crippen MR) is 203 cm³/mol. The fourth-order valence-electron chi connectivity index (χ4n) is 6.48. The van der Waals surface area contributed by atoms with E-state index in [1.807, 2.05) is 0 Å². The first-order valence-electron chi connectivity index (χ1n) is 19.8. The Labute approximate surface area is 287 Å². The van der Waals surface area contributed by atoms with Crippen LogP contribution in [-0.4, -0.2) is 12.5 Å². The third-order valence-corrected chi connectivity index (χ3v) is 12.0. The van der Waals surface area contributed by atoms with Crippen molar-refractivity contribution in [2.75, 3.05) is 6.54 Å². The zero-order valence-electron chi connectivity index (χ0n) is 29.1. The first-order chi connectivity index (χ1) is 21.1. The highest BCUT2D eigenvalue weighted by Crippen LogP contribution is 2.27. The van der Waals surface area contributed by atoms with Gasteiger partial charge in [0.2, 0.25) is 0 Å². The lowest BCUT2D eigenvalue weighted by atomic mass is 10.0. The lowest BCUT2D eigenvalue weighted by molar-refractivity contribution is 0.510. The predicted octanol–water partition coefficient (Wildman–Crippen LogP) is 15.6. The van der Waals surface area contributed by atoms with Gasteiger partial charge in [0, 0.05) is 0 Å². The highest BCUT2D eigenvalue weighted by atomic mass is 35.8. The summed E-state index contributed by atoms with van der Waals surface area (Å²) in [7, 11) is 0. The zero-order chi connectivity index (χ0) is 31.4. The molecule has 0 aromatic heterocycles. The normalized spacial score (nSPS) is 12.0. The van der Waals surface area contributed by atoms with Gasteiger partial charge in [-0.2, -0.15) is 0 Å². The summed E-state index contributed by atoms with van der Waals surface area (Å²) in [6.07, 6.45) is 51.3. The van der Waals surface area contributed by atoms with Crippen LogP contribution in [0.5, 0.6) is 0 Å². The molecule has 0 aliphatic heterocycles. The van der Waals surface area contributed by atoms with Crippen LogP contribution < -0.4 is 5.73 Å². The SMILES string of the molecule is NCCCCCCCCCCCCCCCCCCCCCCCCCCCCCCCCCCCCCC[Si](Cl)(Cl)Cl. The molecule has 0 unspecified atom stereocenters. The summed E-state index contributed by atoms with van der Waals surface area (Å²) in [6.45, 7) is 0.871. The average molecular weight is 683 g/mol. The Kier molecular flexibility index (Phi) is 38.4. The van der Waals surface area contributed by atoms with Crippen molar-refractivity contribution in [2.45, 2.75) is 237 Å². The van der Waals surface area contributed by atoms with Gasteiger partial charge in [0.15, 0.2) is 0 Å². The van der Waals surface area contributed by atoms with Crippen LogP contribution in [0.2, 0.25) is 6.04 Å². The van der Waals surface area contributed by atoms with E-state index < -0.39 is 6.00 Å². The average Bonchev–Trinajstić information content (AvgIpc) is 2.98. The van der Waals surface area contributed by atoms with E-state index in [0.29, 0.717) is 0 Å². The molecule has 5 heteroatoms. The number of hydrogen-bond donors (Lipinski definition) is 1. The minimum absolute atomic E-state index is 0.829. The minimum atomic E-state index is -2.37. The van der Waals surface area contributed by atoms with Gasteiger partial charge in [-0.05, 0) is 19.0 Å². The van der Waals surface area contributed by atoms with E-state index in [0.717, 1.165) is 19.0 Å². The smallest absolute Gasteiger partial charge is 0.330 e. The Morgan fingerprint density at radius 2 is 0.372 bits per heavy atom. The van der Waals surface area contributed by atoms with Crippen LogP contribution in [0.4, 0.5) is 0 Å². The molecule has 0 aliphatic rings. The fourth-order valence-corrected chi connectivity index (χ4v) is 8.33. The van der Waals surface area contributed by atoms with Gasteiger partial charge in [-0.3, -0.25) is 0 Å². The van der Waals surface area contributed by atoms with E-state index in [9.17, 15) is 0 Å². The van der Waals surface area contributed by atoms with E-state index >= 15 is 0 Å². The summed E-state index contributed by atoms with van der Waals surface area (Å²) in [4.78, 5) is 0. The molecule has 2 N–H and O–H groups in total. The van der Waals surface area contributed by atoms with Gasteiger partial charge in [0.05, 0.1) is 0 Å². The third-order valence-electron chi connectivity index (χ3n) is 9.41. The minimum Gasteiger partial charge on any atom is -0.330 e. The monoisotopic (exact) mass is 681 g/mol. The molecule has 0 radical (unpaired) electrons. The maximum absolute atomic E-state index is 5.93. The van der Waals surface area contributed by atoms with Gasteiger partial charge in [-0.1, -0.05) is 225 Å². The lowest BCUT2D eigenvalue weighted by Crippen LogP contribution is -2.07. The number of halogens is 3. The maximum Gasteiger partial charge on any atom is 0.341 e. The second-order valence-corrected chi connectivity index (χ2v) is 23.2. The van der Waals surface area contributed by atoms with Crippen molar-refractivity contribution in [3.05, 3.63) is 0 Å². The molecule has 0 saturated carbocycles. The van der Waals surface area contributed by atoms with Crippen molar-refractivity contribution < 1.29 is 0 Å². The zero-order valence-corrected chi connectivity index (χ0v) is 32.3.